The maximum Gasteiger partial charge on any atom is 0.263 e. The lowest BCUT2D eigenvalue weighted by molar-refractivity contribution is 0.0581. The predicted octanol–water partition coefficient (Wildman–Crippen LogP) is 2.13. The molecule has 1 amide bonds. The second-order valence-corrected chi connectivity index (χ2v) is 8.28. The zero-order valence-electron chi connectivity index (χ0n) is 16.9. The van der Waals surface area contributed by atoms with E-state index < -0.39 is 0 Å². The van der Waals surface area contributed by atoms with Gasteiger partial charge in [-0.3, -0.25) is 19.5 Å². The molecular formula is C22H28N4O2. The van der Waals surface area contributed by atoms with Crippen LogP contribution in [0.5, 0.6) is 0 Å². The first-order valence-corrected chi connectivity index (χ1v) is 10.0. The number of amides is 1. The average Bonchev–Trinajstić information content (AvgIpc) is 2.97. The van der Waals surface area contributed by atoms with Crippen molar-refractivity contribution < 1.29 is 4.79 Å². The fourth-order valence-electron chi connectivity index (χ4n) is 4.66. The number of piperidine rings is 1. The van der Waals surface area contributed by atoms with Gasteiger partial charge in [0.05, 0.1) is 5.69 Å². The molecule has 5 rings (SSSR count). The van der Waals surface area contributed by atoms with Crippen LogP contribution in [0.4, 0.5) is 0 Å². The summed E-state index contributed by atoms with van der Waals surface area (Å²) in [6, 6.07) is 8.08. The number of hydrogen-bond acceptors (Lipinski definition) is 4. The van der Waals surface area contributed by atoms with E-state index in [4.69, 9.17) is 0 Å². The first-order chi connectivity index (χ1) is 13.4. The third-order valence-corrected chi connectivity index (χ3v) is 6.24. The zero-order valence-corrected chi connectivity index (χ0v) is 16.9. The summed E-state index contributed by atoms with van der Waals surface area (Å²) in [6.45, 7) is 7.11. The molecule has 0 unspecified atom stereocenters. The molecule has 2 aromatic heterocycles. The Bertz CT molecular complexity index is 938. The van der Waals surface area contributed by atoms with Crippen LogP contribution in [0.2, 0.25) is 0 Å². The van der Waals surface area contributed by atoms with Crippen molar-refractivity contribution in [3.8, 4) is 0 Å². The Balaban J connectivity index is 1.58. The molecule has 5 heterocycles. The number of carbonyl (C=O) groups is 1. The first kappa shape index (κ1) is 18.9. The van der Waals surface area contributed by atoms with E-state index in [0.717, 1.165) is 56.0 Å². The quantitative estimate of drug-likeness (QED) is 0.819. The van der Waals surface area contributed by atoms with Crippen LogP contribution in [0, 0.1) is 19.8 Å². The Morgan fingerprint density at radius 1 is 1.18 bits per heavy atom. The highest BCUT2D eigenvalue weighted by atomic mass is 16.2. The van der Waals surface area contributed by atoms with Crippen LogP contribution in [0.1, 0.15) is 40.2 Å². The van der Waals surface area contributed by atoms with Gasteiger partial charge in [0.2, 0.25) is 0 Å². The molecule has 148 valence electrons. The summed E-state index contributed by atoms with van der Waals surface area (Å²) < 4.78 is 1.57. The van der Waals surface area contributed by atoms with Gasteiger partial charge in [-0.15, -0.1) is 0 Å². The maximum atomic E-state index is 13.4. The van der Waals surface area contributed by atoms with Gasteiger partial charge in [-0.25, -0.2) is 0 Å². The number of carbonyl (C=O) groups excluding carboxylic acids is 1. The van der Waals surface area contributed by atoms with Crippen LogP contribution in [0.25, 0.3) is 0 Å². The largest absolute Gasteiger partial charge is 0.334 e. The van der Waals surface area contributed by atoms with Crippen molar-refractivity contribution in [1.29, 1.82) is 0 Å². The molecule has 0 aromatic carbocycles. The van der Waals surface area contributed by atoms with E-state index in [9.17, 15) is 9.59 Å². The first-order valence-electron chi connectivity index (χ1n) is 10.0. The van der Waals surface area contributed by atoms with E-state index in [0.29, 0.717) is 11.5 Å². The SMILES string of the molecule is Cc1cc(C)n(C)c(=O)c1C(=O)N1C[C@H]2CC[C@@H]1CN(Cc1ccccn1)C2. The van der Waals surface area contributed by atoms with Crippen molar-refractivity contribution in [2.24, 2.45) is 13.0 Å². The maximum absolute atomic E-state index is 13.4. The fraction of sp³-hybridized carbons (Fsp3) is 0.500. The van der Waals surface area contributed by atoms with E-state index in [1.54, 1.807) is 11.6 Å². The van der Waals surface area contributed by atoms with E-state index in [-0.39, 0.29) is 17.5 Å². The number of aryl methyl sites for hydroxylation is 2. The van der Waals surface area contributed by atoms with Gasteiger partial charge in [-0.1, -0.05) is 6.07 Å². The summed E-state index contributed by atoms with van der Waals surface area (Å²) in [5.41, 5.74) is 2.85. The normalized spacial score (nSPS) is 22.3. The van der Waals surface area contributed by atoms with E-state index >= 15 is 0 Å². The molecule has 6 heteroatoms. The van der Waals surface area contributed by atoms with Gasteiger partial charge in [0.15, 0.2) is 0 Å². The highest BCUT2D eigenvalue weighted by Crippen LogP contribution is 2.30. The molecule has 3 fully saturated rings. The number of nitrogens with zero attached hydrogens (tertiary/aromatic N) is 4. The molecule has 28 heavy (non-hydrogen) atoms. The molecule has 0 N–H and O–H groups in total. The lowest BCUT2D eigenvalue weighted by Gasteiger charge is -2.36. The molecule has 2 aromatic rings. The highest BCUT2D eigenvalue weighted by molar-refractivity contribution is 5.95. The molecule has 2 bridgehead atoms. The number of aromatic nitrogens is 2. The Morgan fingerprint density at radius 2 is 2.00 bits per heavy atom. The number of rotatable bonds is 3. The zero-order chi connectivity index (χ0) is 19.8. The summed E-state index contributed by atoms with van der Waals surface area (Å²) in [7, 11) is 1.73. The van der Waals surface area contributed by atoms with Crippen molar-refractivity contribution in [2.75, 3.05) is 19.6 Å². The molecule has 0 saturated carbocycles. The predicted molar refractivity (Wildman–Crippen MR) is 108 cm³/mol. The lowest BCUT2D eigenvalue weighted by atomic mass is 9.94. The van der Waals surface area contributed by atoms with Crippen LogP contribution < -0.4 is 5.56 Å². The van der Waals surface area contributed by atoms with Crippen molar-refractivity contribution in [2.45, 2.75) is 39.3 Å². The standard InChI is InChI=1S/C22H28N4O2/c1-15-10-16(2)24(3)21(27)20(15)22(28)26-12-17-7-8-19(26)14-25(11-17)13-18-6-4-5-9-23-18/h4-6,9-10,17,19H,7-8,11-14H2,1-3H3/t17-,19+/m0/s1. The van der Waals surface area contributed by atoms with Crippen molar-refractivity contribution in [3.63, 3.8) is 0 Å². The summed E-state index contributed by atoms with van der Waals surface area (Å²) >= 11 is 0. The van der Waals surface area contributed by atoms with Gasteiger partial charge in [-0.2, -0.15) is 0 Å². The van der Waals surface area contributed by atoms with Crippen LogP contribution in [-0.4, -0.2) is 50.9 Å². The second-order valence-electron chi connectivity index (χ2n) is 8.28. The minimum absolute atomic E-state index is 0.104. The number of pyridine rings is 2. The average molecular weight is 380 g/mol. The minimum atomic E-state index is -0.187. The monoisotopic (exact) mass is 380 g/mol. The van der Waals surface area contributed by atoms with Gasteiger partial charge in [0, 0.05) is 51.2 Å². The third kappa shape index (κ3) is 3.49. The minimum Gasteiger partial charge on any atom is -0.334 e. The molecule has 0 spiro atoms. The molecule has 3 aliphatic rings. The van der Waals surface area contributed by atoms with Crippen molar-refractivity contribution in [1.82, 2.24) is 19.4 Å². The van der Waals surface area contributed by atoms with Gasteiger partial charge in [0.25, 0.3) is 11.5 Å². The van der Waals surface area contributed by atoms with E-state index in [1.807, 2.05) is 43.1 Å². The number of hydrogen-bond donors (Lipinski definition) is 0. The molecule has 6 nitrogen and oxygen atoms in total. The van der Waals surface area contributed by atoms with Crippen LogP contribution in [-0.2, 0) is 13.6 Å². The van der Waals surface area contributed by atoms with Crippen molar-refractivity contribution in [3.05, 3.63) is 63.3 Å². The Labute approximate surface area is 165 Å². The van der Waals surface area contributed by atoms with E-state index in [1.165, 1.54) is 0 Å². The van der Waals surface area contributed by atoms with Gasteiger partial charge >= 0.3 is 0 Å². The van der Waals surface area contributed by atoms with Gasteiger partial charge in [0.1, 0.15) is 5.56 Å². The Hall–Kier alpha value is -2.47. The van der Waals surface area contributed by atoms with E-state index in [2.05, 4.69) is 16.0 Å². The number of fused-ring (bicyclic) bond motifs is 4. The molecule has 0 aliphatic carbocycles. The van der Waals surface area contributed by atoms with Crippen molar-refractivity contribution >= 4 is 5.91 Å². The summed E-state index contributed by atoms with van der Waals surface area (Å²) in [4.78, 5) is 35.0. The molecule has 3 saturated heterocycles. The second kappa shape index (κ2) is 7.51. The Morgan fingerprint density at radius 3 is 2.75 bits per heavy atom. The molecule has 0 radical (unpaired) electrons. The van der Waals surface area contributed by atoms with Gasteiger partial charge in [-0.05, 0) is 56.4 Å². The van der Waals surface area contributed by atoms with Gasteiger partial charge < -0.3 is 9.47 Å². The molecule has 3 aliphatic heterocycles. The Kier molecular flexibility index (Phi) is 5.06. The third-order valence-electron chi connectivity index (χ3n) is 6.24. The smallest absolute Gasteiger partial charge is 0.263 e. The summed E-state index contributed by atoms with van der Waals surface area (Å²) in [6.07, 6.45) is 3.96. The van der Waals surface area contributed by atoms with Crippen LogP contribution >= 0.6 is 0 Å². The lowest BCUT2D eigenvalue weighted by Crippen LogP contribution is -2.49. The highest BCUT2D eigenvalue weighted by Gasteiger charge is 2.38. The summed E-state index contributed by atoms with van der Waals surface area (Å²) in [5, 5.41) is 0. The van der Waals surface area contributed by atoms with Crippen LogP contribution in [0.15, 0.2) is 35.3 Å². The summed E-state index contributed by atoms with van der Waals surface area (Å²) in [5.74, 6) is 0.341. The van der Waals surface area contributed by atoms with Crippen LogP contribution in [0.3, 0.4) is 0 Å². The molecule has 2 atom stereocenters. The molecular weight excluding hydrogens is 352 g/mol. The fourth-order valence-corrected chi connectivity index (χ4v) is 4.66. The topological polar surface area (TPSA) is 58.4 Å².